The number of nitrogens with zero attached hydrogens (tertiary/aromatic N) is 1. The van der Waals surface area contributed by atoms with Crippen molar-refractivity contribution in [3.63, 3.8) is 0 Å². The Morgan fingerprint density at radius 3 is 3.12 bits per heavy atom. The Bertz CT molecular complexity index is 423. The molecule has 0 saturated heterocycles. The molecule has 0 radical (unpaired) electrons. The molecule has 1 aromatic rings. The Labute approximate surface area is 103 Å². The molecule has 0 spiro atoms. The third-order valence-electron chi connectivity index (χ3n) is 3.54. The van der Waals surface area contributed by atoms with Gasteiger partial charge < -0.3 is 11.1 Å². The van der Waals surface area contributed by atoms with Crippen LogP contribution in [-0.4, -0.2) is 12.0 Å². The van der Waals surface area contributed by atoms with Crippen LogP contribution in [-0.2, 0) is 12.8 Å². The van der Waals surface area contributed by atoms with Crippen molar-refractivity contribution < 1.29 is 0 Å². The Morgan fingerprint density at radius 1 is 1.59 bits per heavy atom. The van der Waals surface area contributed by atoms with Gasteiger partial charge in [0.25, 0.3) is 0 Å². The molecule has 92 valence electrons. The number of hydrogen-bond donors (Lipinski definition) is 2. The van der Waals surface area contributed by atoms with Gasteiger partial charge in [0, 0.05) is 30.3 Å². The molecule has 3 heteroatoms. The lowest BCUT2D eigenvalue weighted by atomic mass is 9.84. The highest BCUT2D eigenvalue weighted by molar-refractivity contribution is 5.26. The van der Waals surface area contributed by atoms with Crippen molar-refractivity contribution in [2.75, 3.05) is 7.05 Å². The molecule has 1 unspecified atom stereocenters. The first-order valence-corrected chi connectivity index (χ1v) is 6.27. The molecule has 1 atom stereocenters. The van der Waals surface area contributed by atoms with Crippen LogP contribution in [0.15, 0.2) is 24.0 Å². The molecule has 3 nitrogen and oxygen atoms in total. The molecule has 0 aliphatic heterocycles. The lowest BCUT2D eigenvalue weighted by Crippen LogP contribution is -2.20. The lowest BCUT2D eigenvalue weighted by molar-refractivity contribution is 0.439. The molecular weight excluding hydrogens is 210 g/mol. The zero-order valence-electron chi connectivity index (χ0n) is 10.7. The molecule has 0 amide bonds. The van der Waals surface area contributed by atoms with Crippen LogP contribution in [0.25, 0.3) is 0 Å². The van der Waals surface area contributed by atoms with Gasteiger partial charge in [-0.2, -0.15) is 0 Å². The van der Waals surface area contributed by atoms with Crippen molar-refractivity contribution in [1.82, 2.24) is 10.3 Å². The van der Waals surface area contributed by atoms with Gasteiger partial charge in [0.1, 0.15) is 0 Å². The molecule has 3 N–H and O–H groups in total. The second-order valence-corrected chi connectivity index (χ2v) is 4.81. The van der Waals surface area contributed by atoms with Crippen LogP contribution in [0, 0.1) is 12.8 Å². The third kappa shape index (κ3) is 2.78. The normalized spacial score (nSPS) is 19.9. The molecule has 2 rings (SSSR count). The largest absolute Gasteiger partial charge is 0.403 e. The number of aryl methyl sites for hydroxylation is 2. The van der Waals surface area contributed by atoms with E-state index in [9.17, 15) is 0 Å². The minimum absolute atomic E-state index is 0.666. The maximum Gasteiger partial charge on any atom is 0.0441 e. The molecule has 0 aromatic carbocycles. The molecule has 1 heterocycles. The van der Waals surface area contributed by atoms with E-state index >= 15 is 0 Å². The maximum atomic E-state index is 5.58. The summed E-state index contributed by atoms with van der Waals surface area (Å²) in [6.07, 6.45) is 6.17. The average Bonchev–Trinajstić information content (AvgIpc) is 2.35. The van der Waals surface area contributed by atoms with Crippen molar-refractivity contribution in [1.29, 1.82) is 0 Å². The van der Waals surface area contributed by atoms with Crippen molar-refractivity contribution in [3.8, 4) is 0 Å². The van der Waals surface area contributed by atoms with Crippen LogP contribution in [0.2, 0.25) is 0 Å². The van der Waals surface area contributed by atoms with E-state index in [2.05, 4.69) is 29.4 Å². The van der Waals surface area contributed by atoms with Gasteiger partial charge in [-0.3, -0.25) is 4.98 Å². The van der Waals surface area contributed by atoms with Crippen LogP contribution in [0.4, 0.5) is 0 Å². The Kier molecular flexibility index (Phi) is 3.67. The summed E-state index contributed by atoms with van der Waals surface area (Å²) in [5, 5.41) is 3.15. The van der Waals surface area contributed by atoms with Crippen LogP contribution in [0.3, 0.4) is 0 Å². The highest BCUT2D eigenvalue weighted by atomic mass is 14.8. The van der Waals surface area contributed by atoms with E-state index in [-0.39, 0.29) is 0 Å². The fourth-order valence-electron chi connectivity index (χ4n) is 2.52. The van der Waals surface area contributed by atoms with Gasteiger partial charge >= 0.3 is 0 Å². The van der Waals surface area contributed by atoms with Crippen molar-refractivity contribution in [2.24, 2.45) is 11.7 Å². The Balaban J connectivity index is 2.07. The molecule has 1 aromatic heterocycles. The van der Waals surface area contributed by atoms with Crippen LogP contribution in [0.5, 0.6) is 0 Å². The van der Waals surface area contributed by atoms with E-state index < -0.39 is 0 Å². The van der Waals surface area contributed by atoms with E-state index in [1.165, 1.54) is 17.7 Å². The van der Waals surface area contributed by atoms with Crippen LogP contribution in [0.1, 0.15) is 29.8 Å². The number of allylic oxidation sites excluding steroid dienone is 1. The van der Waals surface area contributed by atoms with Crippen molar-refractivity contribution in [3.05, 3.63) is 41.0 Å². The summed E-state index contributed by atoms with van der Waals surface area (Å²) in [6, 6.07) is 4.34. The van der Waals surface area contributed by atoms with Crippen LogP contribution >= 0.6 is 0 Å². The molecule has 0 fully saturated rings. The summed E-state index contributed by atoms with van der Waals surface area (Å²) in [4.78, 5) is 4.65. The first-order valence-electron chi connectivity index (χ1n) is 6.27. The highest BCUT2D eigenvalue weighted by Gasteiger charge is 2.20. The van der Waals surface area contributed by atoms with Gasteiger partial charge in [0.15, 0.2) is 0 Å². The first kappa shape index (κ1) is 12.0. The topological polar surface area (TPSA) is 50.9 Å². The number of nitrogens with two attached hydrogens (primary N) is 1. The monoisotopic (exact) mass is 231 g/mol. The zero-order valence-corrected chi connectivity index (χ0v) is 10.7. The smallest absolute Gasteiger partial charge is 0.0441 e. The number of rotatable bonds is 3. The highest BCUT2D eigenvalue weighted by Crippen LogP contribution is 2.27. The molecule has 0 saturated carbocycles. The molecule has 1 aliphatic rings. The van der Waals surface area contributed by atoms with E-state index in [4.69, 9.17) is 5.73 Å². The lowest BCUT2D eigenvalue weighted by Gasteiger charge is -2.24. The SMILES string of the molecule is CN/C(=C\N)CC1CCc2ccc(C)nc2C1. The zero-order chi connectivity index (χ0) is 12.3. The fourth-order valence-corrected chi connectivity index (χ4v) is 2.52. The second-order valence-electron chi connectivity index (χ2n) is 4.81. The number of aromatic nitrogens is 1. The minimum Gasteiger partial charge on any atom is -0.403 e. The minimum atomic E-state index is 0.666. The number of hydrogen-bond acceptors (Lipinski definition) is 3. The van der Waals surface area contributed by atoms with E-state index in [0.717, 1.165) is 30.7 Å². The second kappa shape index (κ2) is 5.21. The van der Waals surface area contributed by atoms with Gasteiger partial charge in [0.2, 0.25) is 0 Å². The van der Waals surface area contributed by atoms with Crippen LogP contribution < -0.4 is 11.1 Å². The average molecular weight is 231 g/mol. The predicted octanol–water partition coefficient (Wildman–Crippen LogP) is 1.90. The van der Waals surface area contributed by atoms with E-state index in [1.54, 1.807) is 6.20 Å². The number of pyridine rings is 1. The summed E-state index contributed by atoms with van der Waals surface area (Å²) in [5.74, 6) is 0.666. The summed E-state index contributed by atoms with van der Waals surface area (Å²) < 4.78 is 0. The van der Waals surface area contributed by atoms with Crippen molar-refractivity contribution >= 4 is 0 Å². The third-order valence-corrected chi connectivity index (χ3v) is 3.54. The van der Waals surface area contributed by atoms with Gasteiger partial charge in [-0.05, 0) is 50.2 Å². The van der Waals surface area contributed by atoms with E-state index in [0.29, 0.717) is 5.92 Å². The molecule has 17 heavy (non-hydrogen) atoms. The summed E-state index contributed by atoms with van der Waals surface area (Å²) in [7, 11) is 1.93. The van der Waals surface area contributed by atoms with Gasteiger partial charge in [-0.1, -0.05) is 6.07 Å². The maximum absolute atomic E-state index is 5.58. The number of fused-ring (bicyclic) bond motifs is 1. The summed E-state index contributed by atoms with van der Waals surface area (Å²) in [6.45, 7) is 2.06. The molecule has 0 bridgehead atoms. The predicted molar refractivity (Wildman–Crippen MR) is 70.4 cm³/mol. The quantitative estimate of drug-likeness (QED) is 0.835. The molecule has 1 aliphatic carbocycles. The van der Waals surface area contributed by atoms with Crippen molar-refractivity contribution in [2.45, 2.75) is 32.6 Å². The summed E-state index contributed by atoms with van der Waals surface area (Å²) >= 11 is 0. The standard InChI is InChI=1S/C14H21N3/c1-10-3-5-12-6-4-11(8-14(12)17-10)7-13(9-15)16-2/h3,5,9,11,16H,4,6-8,15H2,1-2H3/b13-9-. The summed E-state index contributed by atoms with van der Waals surface area (Å²) in [5.41, 5.74) is 10.5. The Hall–Kier alpha value is -1.51. The van der Waals surface area contributed by atoms with Gasteiger partial charge in [-0.15, -0.1) is 0 Å². The van der Waals surface area contributed by atoms with Gasteiger partial charge in [0.05, 0.1) is 0 Å². The fraction of sp³-hybridized carbons (Fsp3) is 0.500. The van der Waals surface area contributed by atoms with E-state index in [1.807, 2.05) is 7.05 Å². The van der Waals surface area contributed by atoms with Gasteiger partial charge in [-0.25, -0.2) is 0 Å². The number of nitrogens with one attached hydrogen (secondary N) is 1. The Morgan fingerprint density at radius 2 is 2.41 bits per heavy atom. The molecular formula is C14H21N3. The first-order chi connectivity index (χ1) is 8.22.